The molecule has 0 aliphatic carbocycles. The first kappa shape index (κ1) is 12.8. The summed E-state index contributed by atoms with van der Waals surface area (Å²) < 4.78 is 0. The molecule has 0 saturated heterocycles. The molecule has 2 heteroatoms. The molecule has 0 unspecified atom stereocenters. The average molecular weight is 136 g/mol. The van der Waals surface area contributed by atoms with Gasteiger partial charge in [0.1, 0.15) is 0 Å². The third kappa shape index (κ3) is 12.4. The number of hydrogen-bond acceptors (Lipinski definition) is 0. The van der Waals surface area contributed by atoms with Crippen molar-refractivity contribution in [3.63, 3.8) is 0 Å². The summed E-state index contributed by atoms with van der Waals surface area (Å²) in [6, 6.07) is 0. The molecule has 0 bridgehead atoms. The van der Waals surface area contributed by atoms with Crippen LogP contribution in [-0.2, 0) is 0 Å². The molecular formula is C7H18AlLi. The van der Waals surface area contributed by atoms with Crippen LogP contribution in [0, 0.1) is 0 Å². The molecule has 0 saturated carbocycles. The van der Waals surface area contributed by atoms with Crippen molar-refractivity contribution in [1.29, 1.82) is 0 Å². The summed E-state index contributed by atoms with van der Waals surface area (Å²) in [5.41, 5.74) is 0. The second kappa shape index (κ2) is 11.9. The van der Waals surface area contributed by atoms with Gasteiger partial charge in [0.2, 0.25) is 0 Å². The molecule has 0 aliphatic rings. The Hall–Kier alpha value is 1.13. The summed E-state index contributed by atoms with van der Waals surface area (Å²) in [4.78, 5) is 0. The predicted octanol–water partition coefficient (Wildman–Crippen LogP) is 1.36. The second-order valence-electron chi connectivity index (χ2n) is 2.41. The fourth-order valence-electron chi connectivity index (χ4n) is 0.854. The summed E-state index contributed by atoms with van der Waals surface area (Å²) in [7, 11) is 0. The van der Waals surface area contributed by atoms with Gasteiger partial charge in [0.05, 0.1) is 0 Å². The second-order valence-corrected chi connectivity index (χ2v) is 2.41. The van der Waals surface area contributed by atoms with Crippen LogP contribution in [0.25, 0.3) is 0 Å². The third-order valence-corrected chi connectivity index (χ3v) is 1.46. The van der Waals surface area contributed by atoms with Crippen LogP contribution in [0.15, 0.2) is 0 Å². The van der Waals surface area contributed by atoms with Crippen molar-refractivity contribution < 1.29 is 0 Å². The van der Waals surface area contributed by atoms with E-state index in [-0.39, 0.29) is 17.4 Å². The van der Waals surface area contributed by atoms with Gasteiger partial charge in [-0.15, -0.1) is 0 Å². The fourth-order valence-corrected chi connectivity index (χ4v) is 0.854. The molecule has 0 radical (unpaired) electrons. The van der Waals surface area contributed by atoms with Gasteiger partial charge in [-0.2, -0.15) is 0 Å². The first-order valence-corrected chi connectivity index (χ1v) is 3.91. The molecule has 0 atom stereocenters. The van der Waals surface area contributed by atoms with Crippen LogP contribution in [0.2, 0.25) is 5.09 Å². The Morgan fingerprint density at radius 2 is 1.56 bits per heavy atom. The number of hydrogen-bond donors (Lipinski definition) is 0. The van der Waals surface area contributed by atoms with E-state index in [1.807, 2.05) is 0 Å². The Morgan fingerprint density at radius 3 is 2.00 bits per heavy atom. The maximum absolute atomic E-state index is 2.26. The zero-order valence-corrected chi connectivity index (χ0v) is 6.24. The average Bonchev–Trinajstić information content (AvgIpc) is 1.81. The molecule has 0 fully saturated rings. The first-order chi connectivity index (χ1) is 3.91. The van der Waals surface area contributed by atoms with Gasteiger partial charge in [0.25, 0.3) is 0 Å². The SMILES string of the molecule is [AlH3].[Li][CH2]CCCCCC. The molecule has 0 nitrogen and oxygen atoms in total. The molecule has 0 amide bonds. The van der Waals surface area contributed by atoms with Gasteiger partial charge in [-0.25, -0.2) is 0 Å². The molecule has 0 N–H and O–H groups in total. The Kier molecular flexibility index (Phi) is 16.8. The van der Waals surface area contributed by atoms with E-state index < -0.39 is 0 Å². The van der Waals surface area contributed by atoms with Crippen LogP contribution in [-0.4, -0.2) is 35.1 Å². The zero-order chi connectivity index (χ0) is 6.24. The van der Waals surface area contributed by atoms with Gasteiger partial charge in [0.15, 0.2) is 17.4 Å². The van der Waals surface area contributed by atoms with Gasteiger partial charge in [-0.1, -0.05) is 0 Å². The van der Waals surface area contributed by atoms with Crippen molar-refractivity contribution in [2.75, 3.05) is 0 Å². The molecule has 0 rings (SSSR count). The fraction of sp³-hybridized carbons (Fsp3) is 1.00. The monoisotopic (exact) mass is 136 g/mol. The van der Waals surface area contributed by atoms with Crippen LogP contribution in [0.4, 0.5) is 0 Å². The number of unbranched alkanes of at least 4 members (excludes halogenated alkanes) is 4. The van der Waals surface area contributed by atoms with E-state index in [1.165, 1.54) is 37.2 Å². The Bertz CT molecular complexity index is 33.9. The van der Waals surface area contributed by atoms with Crippen LogP contribution >= 0.6 is 0 Å². The quantitative estimate of drug-likeness (QED) is 0.395. The van der Waals surface area contributed by atoms with E-state index in [9.17, 15) is 0 Å². The molecule has 0 aliphatic heterocycles. The van der Waals surface area contributed by atoms with Crippen LogP contribution in [0.1, 0.15) is 39.0 Å². The van der Waals surface area contributed by atoms with Crippen molar-refractivity contribution in [1.82, 2.24) is 0 Å². The van der Waals surface area contributed by atoms with Crippen molar-refractivity contribution in [3.8, 4) is 0 Å². The predicted molar refractivity (Wildman–Crippen MR) is 49.3 cm³/mol. The first-order valence-electron chi connectivity index (χ1n) is 3.91. The minimum atomic E-state index is 0. The van der Waals surface area contributed by atoms with E-state index in [0.717, 1.165) is 0 Å². The number of rotatable bonds is 5. The van der Waals surface area contributed by atoms with E-state index in [1.54, 1.807) is 0 Å². The molecule has 50 valence electrons. The van der Waals surface area contributed by atoms with E-state index in [0.29, 0.717) is 0 Å². The topological polar surface area (TPSA) is 0 Å². The van der Waals surface area contributed by atoms with Crippen LogP contribution in [0.5, 0.6) is 0 Å². The standard InChI is InChI=1S/C7H15.Al.Li.3H/c1-3-5-7-6-4-2;;;;;/h1,3-7H2,2H3;;;;;. The van der Waals surface area contributed by atoms with Gasteiger partial charge < -0.3 is 0 Å². The summed E-state index contributed by atoms with van der Waals surface area (Å²) in [6.45, 7) is 2.26. The van der Waals surface area contributed by atoms with Crippen molar-refractivity contribution in [2.24, 2.45) is 0 Å². The van der Waals surface area contributed by atoms with Crippen molar-refractivity contribution in [3.05, 3.63) is 0 Å². The summed E-state index contributed by atoms with van der Waals surface area (Å²) in [5.74, 6) is 0. The molecule has 0 aromatic carbocycles. The van der Waals surface area contributed by atoms with Crippen molar-refractivity contribution >= 4 is 35.1 Å². The molecule has 9 heavy (non-hydrogen) atoms. The summed E-state index contributed by atoms with van der Waals surface area (Å²) in [5, 5.41) is 1.36. The molecule has 0 spiro atoms. The minimum absolute atomic E-state index is 0. The Morgan fingerprint density at radius 1 is 1.00 bits per heavy atom. The molecule has 0 aromatic heterocycles. The normalized spacial score (nSPS) is 8.78. The van der Waals surface area contributed by atoms with Crippen molar-refractivity contribution in [2.45, 2.75) is 44.1 Å². The van der Waals surface area contributed by atoms with Gasteiger partial charge in [-0.05, 0) is 0 Å². The molecular weight excluding hydrogens is 118 g/mol. The molecule has 0 heterocycles. The summed E-state index contributed by atoms with van der Waals surface area (Å²) in [6.07, 6.45) is 7.12. The van der Waals surface area contributed by atoms with E-state index in [4.69, 9.17) is 0 Å². The van der Waals surface area contributed by atoms with Crippen LogP contribution in [0.3, 0.4) is 0 Å². The maximum atomic E-state index is 2.26. The van der Waals surface area contributed by atoms with Gasteiger partial charge in [-0.3, -0.25) is 0 Å². The zero-order valence-electron chi connectivity index (χ0n) is 6.24. The summed E-state index contributed by atoms with van der Waals surface area (Å²) >= 11 is 2.26. The van der Waals surface area contributed by atoms with E-state index in [2.05, 4.69) is 24.6 Å². The van der Waals surface area contributed by atoms with Gasteiger partial charge >= 0.3 is 61.8 Å². The van der Waals surface area contributed by atoms with E-state index >= 15 is 0 Å². The van der Waals surface area contributed by atoms with Crippen LogP contribution < -0.4 is 0 Å². The Labute approximate surface area is 79.1 Å². The third-order valence-electron chi connectivity index (χ3n) is 1.46. The molecule has 0 aromatic rings. The van der Waals surface area contributed by atoms with Gasteiger partial charge in [0, 0.05) is 0 Å². The Balaban J connectivity index is 0.